The molecule has 1 N–H and O–H groups in total. The lowest BCUT2D eigenvalue weighted by Gasteiger charge is -2.21. The fraction of sp³-hybridized carbons (Fsp3) is 0.600. The summed E-state index contributed by atoms with van der Waals surface area (Å²) in [6.07, 6.45) is -0.0282. The highest BCUT2D eigenvalue weighted by molar-refractivity contribution is 5.24. The van der Waals surface area contributed by atoms with Crippen LogP contribution in [-0.4, -0.2) is 11.5 Å². The van der Waals surface area contributed by atoms with Crippen LogP contribution in [0.1, 0.15) is 50.3 Å². The highest BCUT2D eigenvalue weighted by Crippen LogP contribution is 2.29. The molecule has 0 aromatic heterocycles. The third-order valence-electron chi connectivity index (χ3n) is 3.34. The maximum Gasteiger partial charge on any atom is 0.244 e. The lowest BCUT2D eigenvalue weighted by Crippen LogP contribution is -2.19. The first-order valence-corrected chi connectivity index (χ1v) is 6.65. The number of aliphatic hydroxyl groups excluding tert-OH is 1. The number of hydrogen-bond acceptors (Lipinski definition) is 1. The highest BCUT2D eigenvalue weighted by atomic mass is 19.3. The zero-order valence-corrected chi connectivity index (χ0v) is 11.1. The van der Waals surface area contributed by atoms with Gasteiger partial charge in [0.2, 0.25) is 6.43 Å². The van der Waals surface area contributed by atoms with Crippen molar-refractivity contribution in [1.29, 1.82) is 0 Å². The maximum atomic E-state index is 12.7. The monoisotopic (exact) mass is 256 g/mol. The van der Waals surface area contributed by atoms with E-state index >= 15 is 0 Å². The molecule has 0 bridgehead atoms. The van der Waals surface area contributed by atoms with E-state index in [-0.39, 0.29) is 6.42 Å². The van der Waals surface area contributed by atoms with E-state index in [1.165, 1.54) is 5.56 Å². The van der Waals surface area contributed by atoms with Crippen molar-refractivity contribution in [3.63, 3.8) is 0 Å². The normalized spacial score (nSPS) is 14.8. The molecule has 0 spiro atoms. The lowest BCUT2D eigenvalue weighted by molar-refractivity contribution is -0.0110. The van der Waals surface area contributed by atoms with Gasteiger partial charge in [-0.1, -0.05) is 44.5 Å². The summed E-state index contributed by atoms with van der Waals surface area (Å²) in [6.45, 7) is 3.81. The minimum Gasteiger partial charge on any atom is -0.388 e. The van der Waals surface area contributed by atoms with Gasteiger partial charge in [-0.25, -0.2) is 8.78 Å². The van der Waals surface area contributed by atoms with E-state index < -0.39 is 18.4 Å². The Morgan fingerprint density at radius 3 is 2.17 bits per heavy atom. The maximum absolute atomic E-state index is 12.7. The summed E-state index contributed by atoms with van der Waals surface area (Å²) in [5.74, 6) is -0.980. The summed E-state index contributed by atoms with van der Waals surface area (Å²) in [5, 5.41) is 9.94. The first-order chi connectivity index (χ1) is 8.60. The molecule has 1 rings (SSSR count). The van der Waals surface area contributed by atoms with Crippen molar-refractivity contribution < 1.29 is 13.9 Å². The SMILES string of the molecule is CCCCc1ccc(C(O)C(CC)C(F)F)cc1. The Kier molecular flexibility index (Phi) is 6.27. The second kappa shape index (κ2) is 7.47. The van der Waals surface area contributed by atoms with E-state index in [2.05, 4.69) is 6.92 Å². The molecule has 0 saturated carbocycles. The fourth-order valence-corrected chi connectivity index (χ4v) is 2.05. The van der Waals surface area contributed by atoms with E-state index in [0.717, 1.165) is 19.3 Å². The molecule has 0 saturated heterocycles. The summed E-state index contributed by atoms with van der Waals surface area (Å²) < 4.78 is 25.4. The van der Waals surface area contributed by atoms with Crippen molar-refractivity contribution in [2.45, 2.75) is 52.1 Å². The van der Waals surface area contributed by atoms with Gasteiger partial charge < -0.3 is 5.11 Å². The van der Waals surface area contributed by atoms with Crippen molar-refractivity contribution in [3.05, 3.63) is 35.4 Å². The van der Waals surface area contributed by atoms with Gasteiger partial charge in [-0.2, -0.15) is 0 Å². The van der Waals surface area contributed by atoms with Crippen LogP contribution < -0.4 is 0 Å². The average molecular weight is 256 g/mol. The van der Waals surface area contributed by atoms with Gasteiger partial charge in [0.1, 0.15) is 0 Å². The number of alkyl halides is 2. The number of halogens is 2. The molecule has 1 aromatic rings. The first kappa shape index (κ1) is 15.1. The first-order valence-electron chi connectivity index (χ1n) is 6.65. The van der Waals surface area contributed by atoms with E-state index in [1.807, 2.05) is 12.1 Å². The summed E-state index contributed by atoms with van der Waals surface area (Å²) in [6, 6.07) is 7.38. The molecule has 1 nitrogen and oxygen atoms in total. The van der Waals surface area contributed by atoms with E-state index in [0.29, 0.717) is 5.56 Å². The zero-order chi connectivity index (χ0) is 13.5. The molecule has 0 radical (unpaired) electrons. The van der Waals surface area contributed by atoms with Crippen LogP contribution in [0.3, 0.4) is 0 Å². The molecule has 0 aliphatic carbocycles. The lowest BCUT2D eigenvalue weighted by atomic mass is 9.93. The van der Waals surface area contributed by atoms with Crippen LogP contribution in [0.15, 0.2) is 24.3 Å². The third-order valence-corrected chi connectivity index (χ3v) is 3.34. The van der Waals surface area contributed by atoms with E-state index in [1.54, 1.807) is 19.1 Å². The van der Waals surface area contributed by atoms with Crippen molar-refractivity contribution in [1.82, 2.24) is 0 Å². The topological polar surface area (TPSA) is 20.2 Å². The van der Waals surface area contributed by atoms with Crippen molar-refractivity contribution >= 4 is 0 Å². The van der Waals surface area contributed by atoms with Gasteiger partial charge in [0, 0.05) is 5.92 Å². The number of benzene rings is 1. The number of unbranched alkanes of at least 4 members (excludes halogenated alkanes) is 1. The summed E-state index contributed by atoms with van der Waals surface area (Å²) in [7, 11) is 0. The predicted molar refractivity (Wildman–Crippen MR) is 69.8 cm³/mol. The molecule has 0 heterocycles. The van der Waals surface area contributed by atoms with Crippen LogP contribution in [0.25, 0.3) is 0 Å². The Morgan fingerprint density at radius 1 is 1.11 bits per heavy atom. The van der Waals surface area contributed by atoms with Crippen molar-refractivity contribution in [2.75, 3.05) is 0 Å². The molecule has 0 fully saturated rings. The van der Waals surface area contributed by atoms with Crippen LogP contribution in [-0.2, 0) is 6.42 Å². The summed E-state index contributed by atoms with van der Waals surface area (Å²) >= 11 is 0. The van der Waals surface area contributed by atoms with Crippen LogP contribution in [0.2, 0.25) is 0 Å². The van der Waals surface area contributed by atoms with E-state index in [9.17, 15) is 13.9 Å². The smallest absolute Gasteiger partial charge is 0.244 e. The standard InChI is InChI=1S/C15H22F2O/c1-3-5-6-11-7-9-12(10-8-11)14(18)13(4-2)15(16)17/h7-10,13-15,18H,3-6H2,1-2H3. The van der Waals surface area contributed by atoms with Gasteiger partial charge in [-0.3, -0.25) is 0 Å². The average Bonchev–Trinajstić information content (AvgIpc) is 2.37. The van der Waals surface area contributed by atoms with Crippen LogP contribution in [0.4, 0.5) is 8.78 Å². The van der Waals surface area contributed by atoms with Crippen LogP contribution in [0, 0.1) is 5.92 Å². The summed E-state index contributed by atoms with van der Waals surface area (Å²) in [4.78, 5) is 0. The molecular weight excluding hydrogens is 234 g/mol. The molecule has 1 aromatic carbocycles. The van der Waals surface area contributed by atoms with Gasteiger partial charge in [0.05, 0.1) is 6.10 Å². The minimum atomic E-state index is -2.48. The molecule has 102 valence electrons. The Hall–Kier alpha value is -0.960. The summed E-state index contributed by atoms with van der Waals surface area (Å²) in [5.41, 5.74) is 1.78. The molecule has 0 aliphatic heterocycles. The second-order valence-corrected chi connectivity index (χ2v) is 4.70. The molecule has 18 heavy (non-hydrogen) atoms. The fourth-order valence-electron chi connectivity index (χ4n) is 2.05. The Balaban J connectivity index is 2.71. The van der Waals surface area contributed by atoms with E-state index in [4.69, 9.17) is 0 Å². The van der Waals surface area contributed by atoms with Gasteiger partial charge in [-0.15, -0.1) is 0 Å². The van der Waals surface area contributed by atoms with Crippen LogP contribution >= 0.6 is 0 Å². The molecular formula is C15H22F2O. The van der Waals surface area contributed by atoms with Gasteiger partial charge in [0.25, 0.3) is 0 Å². The molecule has 3 heteroatoms. The molecule has 2 unspecified atom stereocenters. The number of aliphatic hydroxyl groups is 1. The van der Waals surface area contributed by atoms with Gasteiger partial charge in [0.15, 0.2) is 0 Å². The quantitative estimate of drug-likeness (QED) is 0.768. The predicted octanol–water partition coefficient (Wildman–Crippen LogP) is 4.35. The van der Waals surface area contributed by atoms with Crippen LogP contribution in [0.5, 0.6) is 0 Å². The van der Waals surface area contributed by atoms with Crippen molar-refractivity contribution in [2.24, 2.45) is 5.92 Å². The van der Waals surface area contributed by atoms with Gasteiger partial charge >= 0.3 is 0 Å². The Bertz CT molecular complexity index is 335. The number of rotatable bonds is 7. The third kappa shape index (κ3) is 4.05. The highest BCUT2D eigenvalue weighted by Gasteiger charge is 2.27. The minimum absolute atomic E-state index is 0.274. The number of hydrogen-bond donors (Lipinski definition) is 1. The molecule has 0 aliphatic rings. The zero-order valence-electron chi connectivity index (χ0n) is 11.1. The Labute approximate surface area is 108 Å². The Morgan fingerprint density at radius 2 is 1.72 bits per heavy atom. The van der Waals surface area contributed by atoms with Crippen molar-refractivity contribution in [3.8, 4) is 0 Å². The number of aryl methyl sites for hydroxylation is 1. The second-order valence-electron chi connectivity index (χ2n) is 4.70. The molecule has 0 amide bonds. The molecule has 2 atom stereocenters. The van der Waals surface area contributed by atoms with Gasteiger partial charge in [-0.05, 0) is 30.4 Å². The largest absolute Gasteiger partial charge is 0.388 e.